The Labute approximate surface area is 133 Å². The second kappa shape index (κ2) is 5.71. The van der Waals surface area contributed by atoms with Crippen LogP contribution < -0.4 is 9.60 Å². The normalized spacial score (nSPS) is 11.0. The van der Waals surface area contributed by atoms with Gasteiger partial charge in [-0.05, 0) is 48.3 Å². The summed E-state index contributed by atoms with van der Waals surface area (Å²) in [7, 11) is 1.76. The highest BCUT2D eigenvalue weighted by Crippen LogP contribution is 2.27. The maximum absolute atomic E-state index is 13.1. The molecule has 1 heterocycles. The molecule has 7 heteroatoms. The molecule has 108 valence electrons. The Morgan fingerprint density at radius 2 is 2.10 bits per heavy atom. The van der Waals surface area contributed by atoms with E-state index in [0.717, 1.165) is 15.1 Å². The summed E-state index contributed by atoms with van der Waals surface area (Å²) < 4.78 is 18.7. The number of hydrogen-bond donors (Lipinski definition) is 1. The molecular weight excluding hydrogens is 331 g/mol. The van der Waals surface area contributed by atoms with E-state index < -0.39 is 5.82 Å². The zero-order valence-electron chi connectivity index (χ0n) is 10.9. The lowest BCUT2D eigenvalue weighted by atomic mass is 10.3. The van der Waals surface area contributed by atoms with Crippen LogP contribution in [0.5, 0.6) is 0 Å². The molecule has 3 aromatic rings. The monoisotopic (exact) mass is 340 g/mol. The molecule has 0 amide bonds. The fourth-order valence-corrected chi connectivity index (χ4v) is 3.70. The number of halogens is 2. The molecule has 21 heavy (non-hydrogen) atoms. The highest BCUT2D eigenvalue weighted by Gasteiger charge is 2.06. The van der Waals surface area contributed by atoms with E-state index in [0.29, 0.717) is 5.69 Å². The Bertz CT molecular complexity index is 875. The molecule has 0 fully saturated rings. The lowest BCUT2D eigenvalue weighted by Gasteiger charge is -2.06. The van der Waals surface area contributed by atoms with Crippen molar-refractivity contribution in [1.82, 2.24) is 4.57 Å². The first-order chi connectivity index (χ1) is 10.0. The first kappa shape index (κ1) is 14.4. The van der Waals surface area contributed by atoms with Crippen LogP contribution in [0, 0.1) is 5.82 Å². The maximum atomic E-state index is 13.1. The van der Waals surface area contributed by atoms with Gasteiger partial charge >= 0.3 is 4.87 Å². The van der Waals surface area contributed by atoms with Gasteiger partial charge in [0, 0.05) is 17.6 Å². The van der Waals surface area contributed by atoms with Crippen LogP contribution in [0.4, 0.5) is 10.1 Å². The third kappa shape index (κ3) is 2.92. The number of nitrogens with one attached hydrogen (secondary N) is 1. The number of rotatable bonds is 3. The van der Waals surface area contributed by atoms with Crippen LogP contribution >= 0.6 is 34.9 Å². The summed E-state index contributed by atoms with van der Waals surface area (Å²) in [6.07, 6.45) is 0. The lowest BCUT2D eigenvalue weighted by Crippen LogP contribution is -2.06. The van der Waals surface area contributed by atoms with E-state index in [4.69, 9.17) is 11.6 Å². The molecule has 3 nitrogen and oxygen atoms in total. The van der Waals surface area contributed by atoms with Gasteiger partial charge < -0.3 is 9.29 Å². The van der Waals surface area contributed by atoms with Crippen LogP contribution in [0.1, 0.15) is 0 Å². The van der Waals surface area contributed by atoms with E-state index in [1.54, 1.807) is 17.7 Å². The van der Waals surface area contributed by atoms with Crippen LogP contribution in [0.2, 0.25) is 5.02 Å². The second-order valence-electron chi connectivity index (χ2n) is 4.39. The zero-order valence-corrected chi connectivity index (χ0v) is 13.3. The van der Waals surface area contributed by atoms with Crippen molar-refractivity contribution >= 4 is 50.8 Å². The summed E-state index contributed by atoms with van der Waals surface area (Å²) in [5.74, 6) is -0.442. The van der Waals surface area contributed by atoms with E-state index in [-0.39, 0.29) is 9.90 Å². The van der Waals surface area contributed by atoms with Crippen molar-refractivity contribution in [3.8, 4) is 0 Å². The first-order valence-electron chi connectivity index (χ1n) is 6.02. The molecule has 0 atom stereocenters. The van der Waals surface area contributed by atoms with Crippen LogP contribution in [0.3, 0.4) is 0 Å². The van der Waals surface area contributed by atoms with Crippen molar-refractivity contribution in [3.05, 3.63) is 56.9 Å². The van der Waals surface area contributed by atoms with E-state index in [2.05, 4.69) is 4.72 Å². The molecule has 2 aromatic carbocycles. The Hall–Kier alpha value is -1.50. The Morgan fingerprint density at radius 3 is 2.86 bits per heavy atom. The smallest absolute Gasteiger partial charge is 0.307 e. The largest absolute Gasteiger partial charge is 0.326 e. The number of thiazole rings is 1. The standard InChI is InChI=1S/C14H10ClFN2OS2/c1-18-12-5-3-9(7-13(12)20-14(18)19)21-17-8-2-4-11(16)10(15)6-8/h2-7,17H,1H3. The van der Waals surface area contributed by atoms with Gasteiger partial charge in [-0.1, -0.05) is 22.9 Å². The predicted octanol–water partition coefficient (Wildman–Crippen LogP) is 4.51. The molecule has 0 saturated heterocycles. The quantitative estimate of drug-likeness (QED) is 0.712. The van der Waals surface area contributed by atoms with Gasteiger partial charge in [0.25, 0.3) is 0 Å². The van der Waals surface area contributed by atoms with Gasteiger partial charge in [-0.2, -0.15) is 0 Å². The molecule has 0 spiro atoms. The molecule has 0 saturated carbocycles. The number of hydrogen-bond acceptors (Lipinski definition) is 4. The number of anilines is 1. The second-order valence-corrected chi connectivity index (χ2v) is 6.67. The molecule has 3 rings (SSSR count). The van der Waals surface area contributed by atoms with Gasteiger partial charge in [-0.25, -0.2) is 4.39 Å². The average Bonchev–Trinajstić information content (AvgIpc) is 2.75. The Morgan fingerprint density at radius 1 is 1.29 bits per heavy atom. The number of aryl methyl sites for hydroxylation is 1. The highest BCUT2D eigenvalue weighted by atomic mass is 35.5. The summed E-state index contributed by atoms with van der Waals surface area (Å²) in [6.45, 7) is 0. The third-order valence-electron chi connectivity index (χ3n) is 2.97. The van der Waals surface area contributed by atoms with Gasteiger partial charge in [-0.3, -0.25) is 4.79 Å². The van der Waals surface area contributed by atoms with Crippen molar-refractivity contribution in [2.24, 2.45) is 7.05 Å². The molecular formula is C14H10ClFN2OS2. The van der Waals surface area contributed by atoms with E-state index in [9.17, 15) is 9.18 Å². The minimum Gasteiger partial charge on any atom is -0.326 e. The summed E-state index contributed by atoms with van der Waals surface area (Å²) in [6, 6.07) is 10.3. The summed E-state index contributed by atoms with van der Waals surface area (Å²) >= 11 is 8.33. The van der Waals surface area contributed by atoms with Crippen LogP contribution in [-0.4, -0.2) is 4.57 Å². The number of aromatic nitrogens is 1. The minimum atomic E-state index is -0.442. The molecule has 0 unspecified atom stereocenters. The first-order valence-corrected chi connectivity index (χ1v) is 8.03. The van der Waals surface area contributed by atoms with Crippen molar-refractivity contribution in [1.29, 1.82) is 0 Å². The average molecular weight is 341 g/mol. The van der Waals surface area contributed by atoms with Gasteiger partial charge in [0.2, 0.25) is 0 Å². The zero-order chi connectivity index (χ0) is 15.0. The minimum absolute atomic E-state index is 0.0189. The van der Waals surface area contributed by atoms with Crippen LogP contribution in [0.25, 0.3) is 10.2 Å². The van der Waals surface area contributed by atoms with Crippen molar-refractivity contribution in [2.75, 3.05) is 4.72 Å². The number of fused-ring (bicyclic) bond motifs is 1. The van der Waals surface area contributed by atoms with Crippen molar-refractivity contribution in [2.45, 2.75) is 4.90 Å². The Balaban J connectivity index is 1.81. The van der Waals surface area contributed by atoms with E-state index >= 15 is 0 Å². The third-order valence-corrected chi connectivity index (χ3v) is 5.08. The van der Waals surface area contributed by atoms with Crippen LogP contribution in [-0.2, 0) is 7.05 Å². The van der Waals surface area contributed by atoms with Crippen molar-refractivity contribution < 1.29 is 4.39 Å². The fraction of sp³-hybridized carbons (Fsp3) is 0.0714. The van der Waals surface area contributed by atoms with Gasteiger partial charge in [-0.15, -0.1) is 0 Å². The molecule has 0 aliphatic heterocycles. The summed E-state index contributed by atoms with van der Waals surface area (Å²) in [4.78, 5) is 12.6. The molecule has 1 aromatic heterocycles. The molecule has 0 radical (unpaired) electrons. The van der Waals surface area contributed by atoms with Gasteiger partial charge in [0.05, 0.1) is 15.2 Å². The lowest BCUT2D eigenvalue weighted by molar-refractivity contribution is 0.628. The molecule has 0 bridgehead atoms. The number of benzene rings is 2. The SMILES string of the molecule is Cn1c(=O)sc2cc(SNc3ccc(F)c(Cl)c3)ccc21. The predicted molar refractivity (Wildman–Crippen MR) is 88.0 cm³/mol. The van der Waals surface area contributed by atoms with Gasteiger partial charge in [0.1, 0.15) is 5.82 Å². The summed E-state index contributed by atoms with van der Waals surface area (Å²) in [5, 5.41) is 0.0809. The topological polar surface area (TPSA) is 34.0 Å². The highest BCUT2D eigenvalue weighted by molar-refractivity contribution is 8.00. The number of nitrogens with zero attached hydrogens (tertiary/aromatic N) is 1. The fourth-order valence-electron chi connectivity index (χ4n) is 1.86. The van der Waals surface area contributed by atoms with E-state index in [1.165, 1.54) is 35.4 Å². The summed E-state index contributed by atoms with van der Waals surface area (Å²) in [5.41, 5.74) is 1.63. The van der Waals surface area contributed by atoms with Crippen LogP contribution in [0.15, 0.2) is 46.1 Å². The molecule has 0 aliphatic rings. The Kier molecular flexibility index (Phi) is 3.93. The molecule has 0 aliphatic carbocycles. The van der Waals surface area contributed by atoms with E-state index in [1.807, 2.05) is 18.2 Å². The van der Waals surface area contributed by atoms with Crippen molar-refractivity contribution in [3.63, 3.8) is 0 Å². The maximum Gasteiger partial charge on any atom is 0.307 e. The van der Waals surface area contributed by atoms with Gasteiger partial charge in [0.15, 0.2) is 0 Å². The molecule has 1 N–H and O–H groups in total.